The van der Waals surface area contributed by atoms with Crippen molar-refractivity contribution >= 4 is 8.07 Å². The summed E-state index contributed by atoms with van der Waals surface area (Å²) in [6, 6.07) is 11.7. The van der Waals surface area contributed by atoms with Crippen molar-refractivity contribution in [3.05, 3.63) is 36.0 Å². The Morgan fingerprint density at radius 1 is 0.952 bits per heavy atom. The number of hydrogen-bond acceptors (Lipinski definition) is 2. The second kappa shape index (κ2) is 7.69. The maximum absolute atomic E-state index is 6.11. The Kier molecular flexibility index (Phi) is 6.53. The summed E-state index contributed by atoms with van der Waals surface area (Å²) in [5.41, 5.74) is 2.20. The minimum Gasteiger partial charge on any atom is -0.497 e. The van der Waals surface area contributed by atoms with Crippen LogP contribution in [0.5, 0.6) is 11.5 Å². The first-order valence-electron chi connectivity index (χ1n) is 7.93. The Morgan fingerprint density at radius 3 is 1.86 bits per heavy atom. The highest BCUT2D eigenvalue weighted by Crippen LogP contribution is 2.26. The summed E-state index contributed by atoms with van der Waals surface area (Å²) in [4.78, 5) is 0. The molecule has 118 valence electrons. The summed E-state index contributed by atoms with van der Waals surface area (Å²) in [7, 11) is 0.434. The van der Waals surface area contributed by atoms with E-state index in [4.69, 9.17) is 9.47 Å². The molecule has 0 aliphatic rings. The van der Waals surface area contributed by atoms with Gasteiger partial charge in [-0.2, -0.15) is 0 Å². The van der Waals surface area contributed by atoms with Gasteiger partial charge in [0.05, 0.1) is 15.2 Å². The van der Waals surface area contributed by atoms with Gasteiger partial charge in [0.25, 0.3) is 0 Å². The fourth-order valence-corrected chi connectivity index (χ4v) is 5.42. The van der Waals surface area contributed by atoms with Crippen molar-refractivity contribution in [1.82, 2.24) is 0 Å². The standard InChI is InChI=1S/C18H30O2Si/c1-7-21(8-2,9-3)15-14-18(4,5)20-17-12-10-16(19-6)11-13-17/h10-15H,7-9H2,1-6H3/b15-14+. The lowest BCUT2D eigenvalue weighted by molar-refractivity contribution is 0.162. The molecule has 1 rings (SSSR count). The Labute approximate surface area is 131 Å². The number of rotatable bonds is 8. The van der Waals surface area contributed by atoms with E-state index >= 15 is 0 Å². The normalized spacial score (nSPS) is 12.7. The molecular weight excluding hydrogens is 276 g/mol. The highest BCUT2D eigenvalue weighted by Gasteiger charge is 2.25. The topological polar surface area (TPSA) is 18.5 Å². The predicted molar refractivity (Wildman–Crippen MR) is 94.0 cm³/mol. The maximum Gasteiger partial charge on any atom is 0.121 e. The van der Waals surface area contributed by atoms with Crippen molar-refractivity contribution in [2.45, 2.75) is 58.4 Å². The summed E-state index contributed by atoms with van der Waals surface area (Å²) in [6.07, 6.45) is 2.26. The molecule has 0 radical (unpaired) electrons. The average molecular weight is 307 g/mol. The summed E-state index contributed by atoms with van der Waals surface area (Å²) in [5, 5.41) is 0. The molecule has 0 fully saturated rings. The van der Waals surface area contributed by atoms with Crippen LogP contribution in [-0.2, 0) is 0 Å². The Morgan fingerprint density at radius 2 is 1.43 bits per heavy atom. The average Bonchev–Trinajstić information content (AvgIpc) is 2.50. The van der Waals surface area contributed by atoms with Gasteiger partial charge >= 0.3 is 0 Å². The zero-order valence-corrected chi connectivity index (χ0v) is 15.4. The van der Waals surface area contributed by atoms with E-state index in [1.807, 2.05) is 24.3 Å². The first-order valence-corrected chi connectivity index (χ1v) is 10.6. The minimum absolute atomic E-state index is 0.285. The zero-order valence-electron chi connectivity index (χ0n) is 14.4. The van der Waals surface area contributed by atoms with E-state index in [0.29, 0.717) is 0 Å². The van der Waals surface area contributed by atoms with Crippen LogP contribution in [-0.4, -0.2) is 20.8 Å². The van der Waals surface area contributed by atoms with Gasteiger partial charge in [-0.15, -0.1) is 0 Å². The van der Waals surface area contributed by atoms with E-state index in [0.717, 1.165) is 11.5 Å². The van der Waals surface area contributed by atoms with Crippen molar-refractivity contribution < 1.29 is 9.47 Å². The molecule has 21 heavy (non-hydrogen) atoms. The molecule has 0 atom stereocenters. The van der Waals surface area contributed by atoms with Crippen LogP contribution in [0.15, 0.2) is 36.0 Å². The molecule has 3 heteroatoms. The van der Waals surface area contributed by atoms with Gasteiger partial charge < -0.3 is 9.47 Å². The molecule has 1 aromatic carbocycles. The van der Waals surface area contributed by atoms with Crippen molar-refractivity contribution in [2.24, 2.45) is 0 Å². The summed E-state index contributed by atoms with van der Waals surface area (Å²) in [6.45, 7) is 11.2. The zero-order chi connectivity index (χ0) is 15.9. The summed E-state index contributed by atoms with van der Waals surface area (Å²) >= 11 is 0. The molecule has 0 bridgehead atoms. The predicted octanol–water partition coefficient (Wildman–Crippen LogP) is 5.46. The van der Waals surface area contributed by atoms with Crippen LogP contribution >= 0.6 is 0 Å². The Hall–Kier alpha value is -1.22. The molecule has 0 saturated heterocycles. The lowest BCUT2D eigenvalue weighted by Gasteiger charge is -2.28. The molecular formula is C18H30O2Si. The quantitative estimate of drug-likeness (QED) is 0.594. The highest BCUT2D eigenvalue weighted by atomic mass is 28.3. The van der Waals surface area contributed by atoms with Crippen LogP contribution in [0.4, 0.5) is 0 Å². The number of ether oxygens (including phenoxy) is 2. The van der Waals surface area contributed by atoms with Crippen molar-refractivity contribution in [3.63, 3.8) is 0 Å². The molecule has 0 aromatic heterocycles. The smallest absolute Gasteiger partial charge is 0.121 e. The molecule has 0 aliphatic heterocycles. The van der Waals surface area contributed by atoms with Crippen LogP contribution in [0, 0.1) is 0 Å². The number of hydrogen-bond donors (Lipinski definition) is 0. The van der Waals surface area contributed by atoms with Crippen molar-refractivity contribution in [2.75, 3.05) is 7.11 Å². The van der Waals surface area contributed by atoms with Gasteiger partial charge in [0.15, 0.2) is 0 Å². The van der Waals surface area contributed by atoms with E-state index in [2.05, 4.69) is 46.4 Å². The monoisotopic (exact) mass is 306 g/mol. The van der Waals surface area contributed by atoms with Crippen LogP contribution in [0.2, 0.25) is 18.1 Å². The third-order valence-electron chi connectivity index (χ3n) is 4.39. The van der Waals surface area contributed by atoms with E-state index in [-0.39, 0.29) is 5.60 Å². The van der Waals surface area contributed by atoms with Crippen LogP contribution < -0.4 is 9.47 Å². The van der Waals surface area contributed by atoms with Gasteiger partial charge in [-0.3, -0.25) is 0 Å². The molecule has 2 nitrogen and oxygen atoms in total. The van der Waals surface area contributed by atoms with Gasteiger partial charge in [-0.25, -0.2) is 0 Å². The number of methoxy groups -OCH3 is 1. The molecule has 0 saturated carbocycles. The lowest BCUT2D eigenvalue weighted by Crippen LogP contribution is -2.32. The fraction of sp³-hybridized carbons (Fsp3) is 0.556. The van der Waals surface area contributed by atoms with E-state index in [1.165, 1.54) is 18.1 Å². The maximum atomic E-state index is 6.11. The Bertz CT molecular complexity index is 437. The second-order valence-corrected chi connectivity index (χ2v) is 11.3. The fourth-order valence-electron chi connectivity index (χ4n) is 2.46. The first kappa shape index (κ1) is 17.8. The van der Waals surface area contributed by atoms with Gasteiger partial charge in [0.1, 0.15) is 17.1 Å². The third kappa shape index (κ3) is 5.23. The second-order valence-electron chi connectivity index (χ2n) is 6.14. The lowest BCUT2D eigenvalue weighted by atomic mass is 10.1. The molecule has 0 heterocycles. The first-order chi connectivity index (χ1) is 9.90. The largest absolute Gasteiger partial charge is 0.497 e. The number of benzene rings is 1. The van der Waals surface area contributed by atoms with Crippen LogP contribution in [0.3, 0.4) is 0 Å². The van der Waals surface area contributed by atoms with Gasteiger partial charge in [0.2, 0.25) is 0 Å². The molecule has 0 unspecified atom stereocenters. The van der Waals surface area contributed by atoms with Crippen LogP contribution in [0.25, 0.3) is 0 Å². The molecule has 0 aliphatic carbocycles. The van der Waals surface area contributed by atoms with Crippen molar-refractivity contribution in [3.8, 4) is 11.5 Å². The molecule has 1 aromatic rings. The third-order valence-corrected chi connectivity index (χ3v) is 9.49. The Balaban J connectivity index is 2.80. The molecule has 0 N–H and O–H groups in total. The van der Waals surface area contributed by atoms with Gasteiger partial charge in [-0.1, -0.05) is 44.6 Å². The SMILES string of the molecule is CC[Si](/C=C/C(C)(C)Oc1ccc(OC)cc1)(CC)CC. The van der Waals surface area contributed by atoms with E-state index in [9.17, 15) is 0 Å². The van der Waals surface area contributed by atoms with Crippen molar-refractivity contribution in [1.29, 1.82) is 0 Å². The highest BCUT2D eigenvalue weighted by molar-refractivity contribution is 6.84. The summed E-state index contributed by atoms with van der Waals surface area (Å²) < 4.78 is 11.3. The minimum atomic E-state index is -1.24. The van der Waals surface area contributed by atoms with E-state index < -0.39 is 8.07 Å². The summed E-state index contributed by atoms with van der Waals surface area (Å²) in [5.74, 6) is 1.73. The van der Waals surface area contributed by atoms with Gasteiger partial charge in [0, 0.05) is 0 Å². The molecule has 0 spiro atoms. The van der Waals surface area contributed by atoms with E-state index in [1.54, 1.807) is 7.11 Å². The molecule has 0 amide bonds. The van der Waals surface area contributed by atoms with Crippen LogP contribution in [0.1, 0.15) is 34.6 Å². The van der Waals surface area contributed by atoms with Gasteiger partial charge in [-0.05, 0) is 44.2 Å².